The van der Waals surface area contributed by atoms with Gasteiger partial charge in [0.15, 0.2) is 5.41 Å². The van der Waals surface area contributed by atoms with E-state index in [4.69, 9.17) is 14.9 Å². The lowest BCUT2D eigenvalue weighted by Crippen LogP contribution is -2.59. The van der Waals surface area contributed by atoms with Gasteiger partial charge in [-0.05, 0) is 18.1 Å². The quantitative estimate of drug-likeness (QED) is 0.804. The Kier molecular flexibility index (Phi) is 4.54. The van der Waals surface area contributed by atoms with E-state index in [0.717, 1.165) is 17.7 Å². The first kappa shape index (κ1) is 20.5. The molecular formula is C23H16F2N4O2. The minimum absolute atomic E-state index is 0.178. The summed E-state index contributed by atoms with van der Waals surface area (Å²) in [4.78, 5) is 0. The Balaban J connectivity index is 1.96. The van der Waals surface area contributed by atoms with Crippen LogP contribution in [0.3, 0.4) is 0 Å². The fourth-order valence-corrected chi connectivity index (χ4v) is 4.73. The van der Waals surface area contributed by atoms with Gasteiger partial charge in [-0.25, -0.2) is 8.78 Å². The molecule has 2 saturated heterocycles. The Bertz CT molecular complexity index is 1180. The maximum Gasteiger partial charge on any atom is 0.215 e. The predicted octanol–water partition coefficient (Wildman–Crippen LogP) is 4.16. The summed E-state index contributed by atoms with van der Waals surface area (Å²) >= 11 is 0. The largest absolute Gasteiger partial charge is 0.448 e. The van der Waals surface area contributed by atoms with Gasteiger partial charge in [-0.3, -0.25) is 5.41 Å². The van der Waals surface area contributed by atoms with Crippen LogP contribution in [0.5, 0.6) is 0 Å². The van der Waals surface area contributed by atoms with Gasteiger partial charge in [0.25, 0.3) is 0 Å². The van der Waals surface area contributed by atoms with Crippen LogP contribution in [0.25, 0.3) is 0 Å². The maximum absolute atomic E-state index is 14.7. The highest BCUT2D eigenvalue weighted by atomic mass is 19.1. The number of nitriles is 3. The number of halogens is 2. The summed E-state index contributed by atoms with van der Waals surface area (Å²) in [5.41, 5.74) is -3.82. The standard InChI is InChI=1S/C23H16F2N4O2/c1-21-18(9-14-5-3-2-4-6-14)23(13-28,20(29)31-21)22(11-26,12-27)19(30-21)16-8-7-15(24)10-17(16)25/h2-8,10,18-19,29H,9H2,1H3. The predicted molar refractivity (Wildman–Crippen MR) is 103 cm³/mol. The molecule has 2 aromatic rings. The molecule has 0 amide bonds. The third kappa shape index (κ3) is 2.57. The third-order valence-electron chi connectivity index (χ3n) is 6.24. The lowest BCUT2D eigenvalue weighted by atomic mass is 9.52. The van der Waals surface area contributed by atoms with Crippen molar-refractivity contribution in [2.24, 2.45) is 16.7 Å². The maximum atomic E-state index is 14.7. The highest BCUT2D eigenvalue weighted by Crippen LogP contribution is 2.67. The topological polar surface area (TPSA) is 114 Å². The lowest BCUT2D eigenvalue weighted by molar-refractivity contribution is -0.273. The summed E-state index contributed by atoms with van der Waals surface area (Å²) in [5.74, 6) is -4.94. The second kappa shape index (κ2) is 6.87. The van der Waals surface area contributed by atoms with E-state index in [1.807, 2.05) is 36.4 Å². The zero-order valence-corrected chi connectivity index (χ0v) is 16.4. The van der Waals surface area contributed by atoms with Crippen LogP contribution in [-0.4, -0.2) is 11.7 Å². The highest BCUT2D eigenvalue weighted by molar-refractivity contribution is 5.89. The molecule has 0 saturated carbocycles. The second-order valence-electron chi connectivity index (χ2n) is 7.80. The molecule has 2 aromatic carbocycles. The summed E-state index contributed by atoms with van der Waals surface area (Å²) in [6, 6.07) is 17.4. The van der Waals surface area contributed by atoms with Gasteiger partial charge in [-0.2, -0.15) is 15.8 Å². The summed E-state index contributed by atoms with van der Waals surface area (Å²) in [7, 11) is 0. The number of ether oxygens (including phenoxy) is 2. The van der Waals surface area contributed by atoms with Crippen LogP contribution in [0, 0.1) is 67.8 Å². The molecule has 1 N–H and O–H groups in total. The van der Waals surface area contributed by atoms with Crippen molar-refractivity contribution in [1.29, 1.82) is 21.2 Å². The fraction of sp³-hybridized carbons (Fsp3) is 0.304. The van der Waals surface area contributed by atoms with Crippen molar-refractivity contribution in [1.82, 2.24) is 0 Å². The number of rotatable bonds is 3. The van der Waals surface area contributed by atoms with E-state index in [-0.39, 0.29) is 12.0 Å². The Morgan fingerprint density at radius 1 is 1.03 bits per heavy atom. The second-order valence-corrected chi connectivity index (χ2v) is 7.80. The molecule has 0 spiro atoms. The monoisotopic (exact) mass is 418 g/mol. The average Bonchev–Trinajstić information content (AvgIpc) is 2.91. The zero-order valence-electron chi connectivity index (χ0n) is 16.4. The summed E-state index contributed by atoms with van der Waals surface area (Å²) < 4.78 is 39.9. The van der Waals surface area contributed by atoms with Crippen LogP contribution < -0.4 is 0 Å². The minimum Gasteiger partial charge on any atom is -0.448 e. The van der Waals surface area contributed by atoms with Crippen molar-refractivity contribution in [3.8, 4) is 18.2 Å². The molecule has 6 nitrogen and oxygen atoms in total. The van der Waals surface area contributed by atoms with E-state index < -0.39 is 46.2 Å². The van der Waals surface area contributed by atoms with Crippen LogP contribution in [0.4, 0.5) is 8.78 Å². The van der Waals surface area contributed by atoms with E-state index in [1.54, 1.807) is 12.1 Å². The van der Waals surface area contributed by atoms with Gasteiger partial charge in [0.05, 0.1) is 24.1 Å². The van der Waals surface area contributed by atoms with Crippen molar-refractivity contribution < 1.29 is 18.3 Å². The first-order valence-electron chi connectivity index (χ1n) is 9.46. The van der Waals surface area contributed by atoms with Crippen molar-refractivity contribution in [2.75, 3.05) is 0 Å². The van der Waals surface area contributed by atoms with Crippen LogP contribution in [-0.2, 0) is 15.9 Å². The van der Waals surface area contributed by atoms with Crippen LogP contribution >= 0.6 is 0 Å². The van der Waals surface area contributed by atoms with Gasteiger partial charge in [-0.15, -0.1) is 0 Å². The fourth-order valence-electron chi connectivity index (χ4n) is 4.73. The van der Waals surface area contributed by atoms with Crippen molar-refractivity contribution in [3.63, 3.8) is 0 Å². The molecule has 4 atom stereocenters. The molecule has 2 aliphatic heterocycles. The molecule has 4 rings (SSSR count). The smallest absolute Gasteiger partial charge is 0.215 e. The molecule has 31 heavy (non-hydrogen) atoms. The molecule has 2 heterocycles. The number of nitrogens with zero attached hydrogens (tertiary/aromatic N) is 3. The Morgan fingerprint density at radius 2 is 1.71 bits per heavy atom. The van der Waals surface area contributed by atoms with Crippen molar-refractivity contribution in [2.45, 2.75) is 25.2 Å². The SMILES string of the molecule is CC12OC(=N)C(C#N)(C1Cc1ccccc1)C(C#N)(C#N)C(c1ccc(F)cc1F)O2. The molecular weight excluding hydrogens is 402 g/mol. The highest BCUT2D eigenvalue weighted by Gasteiger charge is 2.79. The number of fused-ring (bicyclic) bond motifs is 2. The van der Waals surface area contributed by atoms with Gasteiger partial charge in [-0.1, -0.05) is 36.4 Å². The summed E-state index contributed by atoms with van der Waals surface area (Å²) in [6.45, 7) is 1.50. The normalized spacial score (nSPS) is 30.5. The Hall–Kier alpha value is -3.80. The van der Waals surface area contributed by atoms with Gasteiger partial charge in [0, 0.05) is 18.6 Å². The molecule has 8 heteroatoms. The van der Waals surface area contributed by atoms with Gasteiger partial charge in [0.1, 0.15) is 17.7 Å². The molecule has 2 aliphatic rings. The number of benzene rings is 2. The molecule has 2 bridgehead atoms. The van der Waals surface area contributed by atoms with Gasteiger partial charge < -0.3 is 9.47 Å². The van der Waals surface area contributed by atoms with E-state index >= 15 is 0 Å². The first-order chi connectivity index (χ1) is 14.8. The van der Waals surface area contributed by atoms with Crippen molar-refractivity contribution in [3.05, 3.63) is 71.3 Å². The number of hydrogen-bond donors (Lipinski definition) is 1. The van der Waals surface area contributed by atoms with Crippen LogP contribution in [0.2, 0.25) is 0 Å². The third-order valence-corrected chi connectivity index (χ3v) is 6.24. The Labute approximate surface area is 177 Å². The molecule has 0 radical (unpaired) electrons. The molecule has 2 fully saturated rings. The lowest BCUT2D eigenvalue weighted by Gasteiger charge is -2.48. The molecule has 154 valence electrons. The molecule has 0 aromatic heterocycles. The van der Waals surface area contributed by atoms with Crippen LogP contribution in [0.1, 0.15) is 24.2 Å². The zero-order chi connectivity index (χ0) is 22.4. The summed E-state index contributed by atoms with van der Waals surface area (Å²) in [5, 5.41) is 39.1. The molecule has 4 unspecified atom stereocenters. The van der Waals surface area contributed by atoms with E-state index in [1.165, 1.54) is 6.92 Å². The van der Waals surface area contributed by atoms with Crippen molar-refractivity contribution >= 4 is 5.90 Å². The van der Waals surface area contributed by atoms with E-state index in [0.29, 0.717) is 6.07 Å². The van der Waals surface area contributed by atoms with Crippen LogP contribution in [0.15, 0.2) is 48.5 Å². The number of nitrogens with one attached hydrogen (secondary N) is 1. The van der Waals surface area contributed by atoms with E-state index in [2.05, 4.69) is 0 Å². The number of hydrogen-bond acceptors (Lipinski definition) is 6. The van der Waals surface area contributed by atoms with Gasteiger partial charge >= 0.3 is 0 Å². The average molecular weight is 418 g/mol. The van der Waals surface area contributed by atoms with E-state index in [9.17, 15) is 24.6 Å². The minimum atomic E-state index is -2.31. The van der Waals surface area contributed by atoms with Gasteiger partial charge in [0.2, 0.25) is 17.1 Å². The first-order valence-corrected chi connectivity index (χ1v) is 9.46. The Morgan fingerprint density at radius 3 is 2.29 bits per heavy atom. The molecule has 0 aliphatic carbocycles. The summed E-state index contributed by atoms with van der Waals surface area (Å²) in [6.07, 6.45) is -1.40.